The van der Waals surface area contributed by atoms with Crippen LogP contribution in [0.5, 0.6) is 0 Å². The Morgan fingerprint density at radius 2 is 2.29 bits per heavy atom. The monoisotopic (exact) mass is 234 g/mol. The summed E-state index contributed by atoms with van der Waals surface area (Å²) in [5.74, 6) is 0.155. The van der Waals surface area contributed by atoms with E-state index in [1.54, 1.807) is 0 Å². The van der Waals surface area contributed by atoms with Crippen LogP contribution in [0.25, 0.3) is 0 Å². The van der Waals surface area contributed by atoms with E-state index in [0.717, 1.165) is 30.8 Å². The molecule has 17 heavy (non-hydrogen) atoms. The second kappa shape index (κ2) is 5.19. The van der Waals surface area contributed by atoms with Crippen LogP contribution in [-0.2, 0) is 16.0 Å². The van der Waals surface area contributed by atoms with Crippen molar-refractivity contribution in [3.63, 3.8) is 0 Å². The van der Waals surface area contributed by atoms with E-state index in [1.807, 2.05) is 30.0 Å². The Morgan fingerprint density at radius 1 is 1.47 bits per heavy atom. The van der Waals surface area contributed by atoms with Crippen molar-refractivity contribution >= 4 is 17.3 Å². The van der Waals surface area contributed by atoms with Crippen LogP contribution in [0, 0.1) is 0 Å². The molecule has 1 heterocycles. The van der Waals surface area contributed by atoms with Gasteiger partial charge >= 0.3 is 0 Å². The van der Waals surface area contributed by atoms with Crippen LogP contribution in [0.2, 0.25) is 0 Å². The van der Waals surface area contributed by atoms with Gasteiger partial charge in [-0.1, -0.05) is 0 Å². The summed E-state index contributed by atoms with van der Waals surface area (Å²) in [6.45, 7) is 4.11. The van der Waals surface area contributed by atoms with Gasteiger partial charge in [0.15, 0.2) is 0 Å². The van der Waals surface area contributed by atoms with Gasteiger partial charge in [0.1, 0.15) is 0 Å². The van der Waals surface area contributed by atoms with E-state index >= 15 is 0 Å². The highest BCUT2D eigenvalue weighted by Crippen LogP contribution is 2.30. The number of nitrogens with zero attached hydrogens (tertiary/aromatic N) is 1. The number of hydrogen-bond donors (Lipinski definition) is 1. The van der Waals surface area contributed by atoms with Crippen LogP contribution in [0.4, 0.5) is 11.4 Å². The maximum atomic E-state index is 11.9. The quantitative estimate of drug-likeness (QED) is 0.621. The maximum Gasteiger partial charge on any atom is 0.231 e. The van der Waals surface area contributed by atoms with E-state index in [1.165, 1.54) is 0 Å². The fourth-order valence-corrected chi connectivity index (χ4v) is 2.12. The molecule has 1 aliphatic rings. The van der Waals surface area contributed by atoms with E-state index in [-0.39, 0.29) is 5.91 Å². The van der Waals surface area contributed by atoms with Crippen LogP contribution in [-0.4, -0.2) is 25.7 Å². The van der Waals surface area contributed by atoms with Crippen LogP contribution in [0.3, 0.4) is 0 Å². The van der Waals surface area contributed by atoms with Crippen LogP contribution >= 0.6 is 0 Å². The molecular formula is C13H18N2O2. The maximum absolute atomic E-state index is 11.9. The highest BCUT2D eigenvalue weighted by atomic mass is 16.5. The van der Waals surface area contributed by atoms with Gasteiger partial charge < -0.3 is 15.4 Å². The first-order valence-corrected chi connectivity index (χ1v) is 5.99. The van der Waals surface area contributed by atoms with Crippen molar-refractivity contribution in [3.05, 3.63) is 23.8 Å². The summed E-state index contributed by atoms with van der Waals surface area (Å²) in [4.78, 5) is 13.7. The second-order valence-electron chi connectivity index (χ2n) is 4.16. The summed E-state index contributed by atoms with van der Waals surface area (Å²) in [6, 6.07) is 5.65. The molecule has 0 spiro atoms. The third kappa shape index (κ3) is 2.58. The Bertz CT molecular complexity index is 418. The first-order chi connectivity index (χ1) is 8.22. The molecule has 0 radical (unpaired) electrons. The minimum atomic E-state index is 0.155. The van der Waals surface area contributed by atoms with Crippen molar-refractivity contribution < 1.29 is 9.53 Å². The predicted octanol–water partition coefficient (Wildman–Crippen LogP) is 1.58. The number of carbonyl (C=O) groups is 1. The van der Waals surface area contributed by atoms with Gasteiger partial charge in [0.05, 0.1) is 6.42 Å². The van der Waals surface area contributed by atoms with Gasteiger partial charge in [-0.2, -0.15) is 0 Å². The molecular weight excluding hydrogens is 216 g/mol. The number of fused-ring (bicyclic) bond motifs is 1. The molecule has 0 saturated heterocycles. The number of nitrogen functional groups attached to an aromatic ring is 1. The van der Waals surface area contributed by atoms with Crippen LogP contribution in [0.15, 0.2) is 18.2 Å². The van der Waals surface area contributed by atoms with Crippen molar-refractivity contribution in [3.8, 4) is 0 Å². The molecule has 2 rings (SSSR count). The van der Waals surface area contributed by atoms with Crippen LogP contribution in [0.1, 0.15) is 18.9 Å². The smallest absolute Gasteiger partial charge is 0.231 e. The van der Waals surface area contributed by atoms with Crippen molar-refractivity contribution in [1.82, 2.24) is 0 Å². The Morgan fingerprint density at radius 3 is 3.06 bits per heavy atom. The summed E-state index contributed by atoms with van der Waals surface area (Å²) in [5.41, 5.74) is 8.46. The highest BCUT2D eigenvalue weighted by Gasteiger charge is 2.26. The molecule has 1 aromatic rings. The first kappa shape index (κ1) is 11.9. The lowest BCUT2D eigenvalue weighted by Gasteiger charge is -2.17. The van der Waals surface area contributed by atoms with Gasteiger partial charge in [-0.3, -0.25) is 4.79 Å². The topological polar surface area (TPSA) is 55.6 Å². The number of amides is 1. The van der Waals surface area contributed by atoms with Gasteiger partial charge in [-0.05, 0) is 37.1 Å². The van der Waals surface area contributed by atoms with E-state index < -0.39 is 0 Å². The Balaban J connectivity index is 2.02. The molecule has 0 atom stereocenters. The summed E-state index contributed by atoms with van der Waals surface area (Å²) in [7, 11) is 0. The van der Waals surface area contributed by atoms with E-state index in [4.69, 9.17) is 10.5 Å². The largest absolute Gasteiger partial charge is 0.399 e. The number of rotatable bonds is 5. The SMILES string of the molecule is CCOCCCN1C(=O)Cc2cc(N)ccc21. The van der Waals surface area contributed by atoms with Crippen LogP contribution < -0.4 is 10.6 Å². The Labute approximate surface area is 101 Å². The zero-order chi connectivity index (χ0) is 12.3. The fourth-order valence-electron chi connectivity index (χ4n) is 2.12. The molecule has 4 heteroatoms. The van der Waals surface area contributed by atoms with Gasteiger partial charge in [0.25, 0.3) is 0 Å². The Kier molecular flexibility index (Phi) is 3.64. The number of benzene rings is 1. The average molecular weight is 234 g/mol. The first-order valence-electron chi connectivity index (χ1n) is 5.99. The number of ether oxygens (including phenoxy) is 1. The summed E-state index contributed by atoms with van der Waals surface area (Å²) in [5, 5.41) is 0. The molecule has 1 aliphatic heterocycles. The molecule has 92 valence electrons. The highest BCUT2D eigenvalue weighted by molar-refractivity contribution is 6.01. The molecule has 1 amide bonds. The zero-order valence-electron chi connectivity index (χ0n) is 10.1. The van der Waals surface area contributed by atoms with Crippen molar-refractivity contribution in [2.24, 2.45) is 0 Å². The zero-order valence-corrected chi connectivity index (χ0v) is 10.1. The molecule has 2 N–H and O–H groups in total. The van der Waals surface area contributed by atoms with Crippen molar-refractivity contribution in [2.45, 2.75) is 19.8 Å². The lowest BCUT2D eigenvalue weighted by atomic mass is 10.1. The van der Waals surface area contributed by atoms with E-state index in [2.05, 4.69) is 0 Å². The lowest BCUT2D eigenvalue weighted by molar-refractivity contribution is -0.117. The van der Waals surface area contributed by atoms with Gasteiger partial charge in [-0.25, -0.2) is 0 Å². The minimum Gasteiger partial charge on any atom is -0.399 e. The minimum absolute atomic E-state index is 0.155. The standard InChI is InChI=1S/C13H18N2O2/c1-2-17-7-3-6-15-12-5-4-11(14)8-10(12)9-13(15)16/h4-5,8H,2-3,6-7,9,14H2,1H3. The third-order valence-electron chi connectivity index (χ3n) is 2.91. The van der Waals surface area contributed by atoms with Gasteiger partial charge in [0, 0.05) is 31.1 Å². The molecule has 1 aromatic carbocycles. The fraction of sp³-hybridized carbons (Fsp3) is 0.462. The number of hydrogen-bond acceptors (Lipinski definition) is 3. The molecule has 0 saturated carbocycles. The normalized spacial score (nSPS) is 14.2. The number of anilines is 2. The van der Waals surface area contributed by atoms with E-state index in [9.17, 15) is 4.79 Å². The number of nitrogens with two attached hydrogens (primary N) is 1. The summed E-state index contributed by atoms with van der Waals surface area (Å²) < 4.78 is 5.28. The molecule has 0 aliphatic carbocycles. The third-order valence-corrected chi connectivity index (χ3v) is 2.91. The van der Waals surface area contributed by atoms with E-state index in [0.29, 0.717) is 18.7 Å². The number of carbonyl (C=O) groups excluding carboxylic acids is 1. The summed E-state index contributed by atoms with van der Waals surface area (Å²) >= 11 is 0. The molecule has 0 unspecified atom stereocenters. The average Bonchev–Trinajstić information content (AvgIpc) is 2.60. The van der Waals surface area contributed by atoms with Crippen molar-refractivity contribution in [1.29, 1.82) is 0 Å². The Hall–Kier alpha value is -1.55. The van der Waals surface area contributed by atoms with Gasteiger partial charge in [-0.15, -0.1) is 0 Å². The summed E-state index contributed by atoms with van der Waals surface area (Å²) in [6.07, 6.45) is 1.33. The van der Waals surface area contributed by atoms with Crippen molar-refractivity contribution in [2.75, 3.05) is 30.4 Å². The molecule has 0 aromatic heterocycles. The van der Waals surface area contributed by atoms with Gasteiger partial charge in [0.2, 0.25) is 5.91 Å². The molecule has 4 nitrogen and oxygen atoms in total. The lowest BCUT2D eigenvalue weighted by Crippen LogP contribution is -2.28. The molecule has 0 fully saturated rings. The predicted molar refractivity (Wildman–Crippen MR) is 68.0 cm³/mol. The second-order valence-corrected chi connectivity index (χ2v) is 4.16. The molecule has 0 bridgehead atoms.